The summed E-state index contributed by atoms with van der Waals surface area (Å²) in [5, 5.41) is 26.0. The number of rotatable bonds is 17. The van der Waals surface area contributed by atoms with Gasteiger partial charge >= 0.3 is 24.0 Å². The van der Waals surface area contributed by atoms with Crippen LogP contribution in [0.15, 0.2) is 24.3 Å². The third-order valence-corrected chi connectivity index (χ3v) is 8.06. The Labute approximate surface area is 302 Å². The molecular weight excluding hydrogens is 771 g/mol. The molecule has 0 saturated heterocycles. The molecule has 1 saturated carbocycles. The number of carboxylic acid groups (broad SMARTS) is 2. The van der Waals surface area contributed by atoms with Crippen molar-refractivity contribution in [2.45, 2.75) is 63.0 Å². The standard InChI is InChI=1S/C32H29F9N4O10/c1-11(2)24(27(50)42-18(8-21(47)48)20(46)10-55-25-22(37)16(35)7-17(36)23(25)38)44-26(49)19(6-12-3-4-14(33)15(34)5-12)43-29(53)31(9-13(31)28(51)52)45-30(54)32(39,40)41/h3-5,7,11,13,18-19,24H,6,8-10H2,1-2H3,(H,42,50)(H,43,53)(H,44,49)(H,45,54)(H,47,48)(H,51,52)/t13-,18-,19-,24-,31+/m0/s1. The van der Waals surface area contributed by atoms with Crippen molar-refractivity contribution in [2.24, 2.45) is 11.8 Å². The summed E-state index contributed by atoms with van der Waals surface area (Å²) in [5.74, 6) is -27.4. The summed E-state index contributed by atoms with van der Waals surface area (Å²) >= 11 is 0. The normalized spacial score (nSPS) is 18.0. The maximum atomic E-state index is 14.0. The Morgan fingerprint density at radius 2 is 1.42 bits per heavy atom. The van der Waals surface area contributed by atoms with Crippen LogP contribution < -0.4 is 26.0 Å². The SMILES string of the molecule is CC(C)[C@H](NC(=O)[C@H](Cc1ccc(F)c(F)c1)NC(=O)[C@@]1(NC(=O)C(F)(F)F)C[C@H]1C(=O)O)C(=O)N[C@@H](CC(=O)O)C(=O)COc1c(F)c(F)cc(F)c1F. The van der Waals surface area contributed by atoms with E-state index in [2.05, 4.69) is 10.1 Å². The molecule has 2 aromatic carbocycles. The molecule has 5 atom stereocenters. The Hall–Kier alpha value is -5.90. The van der Waals surface area contributed by atoms with Gasteiger partial charge in [-0.25, -0.2) is 17.6 Å². The number of nitrogens with one attached hydrogen (secondary N) is 4. The second kappa shape index (κ2) is 17.1. The zero-order chi connectivity index (χ0) is 41.7. The third-order valence-electron chi connectivity index (χ3n) is 8.06. The first-order valence-electron chi connectivity index (χ1n) is 15.6. The van der Waals surface area contributed by atoms with E-state index in [1.54, 1.807) is 0 Å². The first-order valence-corrected chi connectivity index (χ1v) is 15.6. The summed E-state index contributed by atoms with van der Waals surface area (Å²) in [5.41, 5.74) is -2.97. The first kappa shape index (κ1) is 43.5. The Kier molecular flexibility index (Phi) is 13.5. The predicted octanol–water partition coefficient (Wildman–Crippen LogP) is 1.82. The fourth-order valence-electron chi connectivity index (χ4n) is 5.07. The zero-order valence-electron chi connectivity index (χ0n) is 28.1. The molecule has 55 heavy (non-hydrogen) atoms. The van der Waals surface area contributed by atoms with Gasteiger partial charge in [0.2, 0.25) is 29.4 Å². The lowest BCUT2D eigenvalue weighted by atomic mass is 9.99. The molecule has 0 unspecified atom stereocenters. The third kappa shape index (κ3) is 10.6. The number of aliphatic carboxylic acids is 2. The van der Waals surface area contributed by atoms with Gasteiger partial charge in [0, 0.05) is 12.5 Å². The molecule has 23 heteroatoms. The summed E-state index contributed by atoms with van der Waals surface area (Å²) in [4.78, 5) is 87.9. The molecule has 4 amide bonds. The second-order valence-electron chi connectivity index (χ2n) is 12.4. The molecule has 0 bridgehead atoms. The summed E-state index contributed by atoms with van der Waals surface area (Å²) in [6.07, 6.45) is -8.48. The second-order valence-corrected chi connectivity index (χ2v) is 12.4. The molecule has 0 aliphatic heterocycles. The van der Waals surface area contributed by atoms with Gasteiger partial charge in [-0.05, 0) is 30.0 Å². The zero-order valence-corrected chi connectivity index (χ0v) is 28.1. The molecule has 0 aromatic heterocycles. The predicted molar refractivity (Wildman–Crippen MR) is 162 cm³/mol. The van der Waals surface area contributed by atoms with Crippen molar-refractivity contribution in [3.63, 3.8) is 0 Å². The van der Waals surface area contributed by atoms with Crippen LogP contribution in [0, 0.1) is 46.7 Å². The highest BCUT2D eigenvalue weighted by Gasteiger charge is 2.67. The van der Waals surface area contributed by atoms with Crippen LogP contribution in [0.1, 0.15) is 32.3 Å². The summed E-state index contributed by atoms with van der Waals surface area (Å²) in [6, 6.07) is -3.99. The molecule has 0 heterocycles. The van der Waals surface area contributed by atoms with Crippen molar-refractivity contribution in [2.75, 3.05) is 6.61 Å². The fourth-order valence-corrected chi connectivity index (χ4v) is 5.07. The van der Waals surface area contributed by atoms with E-state index in [-0.39, 0.29) is 11.6 Å². The van der Waals surface area contributed by atoms with Gasteiger partial charge in [0.05, 0.1) is 12.3 Å². The van der Waals surface area contributed by atoms with Crippen LogP contribution in [-0.4, -0.2) is 88.0 Å². The number of ketones is 1. The molecule has 14 nitrogen and oxygen atoms in total. The highest BCUT2D eigenvalue weighted by atomic mass is 19.4. The molecule has 1 fully saturated rings. The number of Topliss-reactive ketones (excluding diaryl/α,β-unsaturated/α-hetero) is 1. The lowest BCUT2D eigenvalue weighted by molar-refractivity contribution is -0.175. The lowest BCUT2D eigenvalue weighted by Gasteiger charge is -2.28. The van der Waals surface area contributed by atoms with Crippen molar-refractivity contribution in [3.05, 3.63) is 64.7 Å². The molecule has 2 aromatic rings. The van der Waals surface area contributed by atoms with Gasteiger partial charge in [-0.15, -0.1) is 0 Å². The highest BCUT2D eigenvalue weighted by Crippen LogP contribution is 2.45. The van der Waals surface area contributed by atoms with Gasteiger partial charge in [0.1, 0.15) is 30.3 Å². The van der Waals surface area contributed by atoms with E-state index in [1.165, 1.54) is 19.2 Å². The van der Waals surface area contributed by atoms with Crippen molar-refractivity contribution >= 4 is 41.4 Å². The molecule has 0 radical (unpaired) electrons. The number of benzene rings is 2. The van der Waals surface area contributed by atoms with E-state index in [4.69, 9.17) is 0 Å². The minimum absolute atomic E-state index is 0.163. The fraction of sp³-hybridized carbons (Fsp3) is 0.406. The number of carboxylic acids is 2. The van der Waals surface area contributed by atoms with Crippen LogP contribution in [0.4, 0.5) is 39.5 Å². The Morgan fingerprint density at radius 3 is 1.91 bits per heavy atom. The molecule has 0 spiro atoms. The van der Waals surface area contributed by atoms with Crippen molar-refractivity contribution < 1.29 is 88.0 Å². The molecule has 1 aliphatic carbocycles. The molecule has 6 N–H and O–H groups in total. The number of ether oxygens (including phenoxy) is 1. The van der Waals surface area contributed by atoms with E-state index in [0.717, 1.165) is 6.07 Å². The lowest BCUT2D eigenvalue weighted by Crippen LogP contribution is -2.61. The smallest absolute Gasteiger partial charge is 0.471 e. The minimum atomic E-state index is -5.59. The number of amides is 4. The van der Waals surface area contributed by atoms with Crippen LogP contribution in [0.25, 0.3) is 0 Å². The molecule has 3 rings (SSSR count). The number of hydrogen-bond donors (Lipinski definition) is 6. The van der Waals surface area contributed by atoms with Crippen LogP contribution in [0.3, 0.4) is 0 Å². The van der Waals surface area contributed by atoms with Gasteiger partial charge in [-0.3, -0.25) is 33.6 Å². The Bertz CT molecular complexity index is 1870. The topological polar surface area (TPSA) is 217 Å². The maximum absolute atomic E-state index is 14.0. The van der Waals surface area contributed by atoms with Gasteiger partial charge in [-0.2, -0.15) is 22.0 Å². The summed E-state index contributed by atoms with van der Waals surface area (Å²) in [6.45, 7) is 1.12. The molecule has 1 aliphatic rings. The number of hydrogen-bond acceptors (Lipinski definition) is 8. The number of carbonyl (C=O) groups is 7. The maximum Gasteiger partial charge on any atom is 0.471 e. The van der Waals surface area contributed by atoms with Gasteiger partial charge in [-0.1, -0.05) is 19.9 Å². The van der Waals surface area contributed by atoms with Gasteiger partial charge in [0.25, 0.3) is 0 Å². The average molecular weight is 801 g/mol. The first-order chi connectivity index (χ1) is 25.4. The van der Waals surface area contributed by atoms with E-state index in [9.17, 15) is 83.3 Å². The Morgan fingerprint density at radius 1 is 0.818 bits per heavy atom. The van der Waals surface area contributed by atoms with Gasteiger partial charge < -0.3 is 36.2 Å². The van der Waals surface area contributed by atoms with Crippen molar-refractivity contribution in [1.82, 2.24) is 21.3 Å². The highest BCUT2D eigenvalue weighted by molar-refractivity contribution is 6.03. The van der Waals surface area contributed by atoms with Crippen molar-refractivity contribution in [1.29, 1.82) is 0 Å². The Balaban J connectivity index is 1.89. The monoisotopic (exact) mass is 800 g/mol. The van der Waals surface area contributed by atoms with E-state index < -0.39 is 150 Å². The van der Waals surface area contributed by atoms with Crippen LogP contribution in [0.5, 0.6) is 5.75 Å². The number of alkyl halides is 3. The quantitative estimate of drug-likeness (QED) is 0.101. The number of carbonyl (C=O) groups excluding carboxylic acids is 5. The van der Waals surface area contributed by atoms with Crippen LogP contribution in [-0.2, 0) is 40.0 Å². The minimum Gasteiger partial charge on any atom is -0.481 e. The van der Waals surface area contributed by atoms with Crippen LogP contribution >= 0.6 is 0 Å². The summed E-state index contributed by atoms with van der Waals surface area (Å²) < 4.78 is 126. The van der Waals surface area contributed by atoms with E-state index in [1.807, 2.05) is 10.6 Å². The largest absolute Gasteiger partial charge is 0.481 e. The van der Waals surface area contributed by atoms with Crippen molar-refractivity contribution in [3.8, 4) is 5.75 Å². The van der Waals surface area contributed by atoms with Crippen LogP contribution in [0.2, 0.25) is 0 Å². The number of halogens is 9. The van der Waals surface area contributed by atoms with E-state index >= 15 is 0 Å². The van der Waals surface area contributed by atoms with Gasteiger partial charge in [0.15, 0.2) is 34.8 Å². The van der Waals surface area contributed by atoms with E-state index in [0.29, 0.717) is 12.1 Å². The summed E-state index contributed by atoms with van der Waals surface area (Å²) in [7, 11) is 0. The average Bonchev–Trinajstić information content (AvgIpc) is 3.82. The molecular formula is C32H29F9N4O10. The molecule has 300 valence electrons.